The Labute approximate surface area is 215 Å². The van der Waals surface area contributed by atoms with E-state index in [0.29, 0.717) is 13.2 Å². The van der Waals surface area contributed by atoms with E-state index in [1.165, 1.54) is 22.3 Å². The Kier molecular flexibility index (Phi) is 6.61. The number of benzene rings is 3. The molecular formula is C32H38O4. The first-order chi connectivity index (χ1) is 17.1. The topological polar surface area (TPSA) is 43.5 Å². The van der Waals surface area contributed by atoms with Gasteiger partial charge in [-0.15, -0.1) is 0 Å². The molecule has 36 heavy (non-hydrogen) atoms. The molecule has 2 atom stereocenters. The third kappa shape index (κ3) is 5.30. The van der Waals surface area contributed by atoms with Gasteiger partial charge in [-0.05, 0) is 59.4 Å². The highest BCUT2D eigenvalue weighted by atomic mass is 16.6. The predicted octanol–water partition coefficient (Wildman–Crippen LogP) is 6.51. The second-order valence-electron chi connectivity index (χ2n) is 11.3. The normalized spacial score (nSPS) is 19.2. The molecule has 2 fully saturated rings. The summed E-state index contributed by atoms with van der Waals surface area (Å²) in [6.07, 6.45) is 0.529. The SMILES string of the molecule is Cc1cc(C(C)(C)c2ccc(C(C)(C)c3ccc(OCC4CO4)c(C)c3)cc2)ccc1OCC1CO1. The Bertz CT molecular complexity index is 1120. The number of rotatable bonds is 10. The average molecular weight is 487 g/mol. The highest BCUT2D eigenvalue weighted by Gasteiger charge is 2.28. The molecule has 3 aromatic carbocycles. The number of hydrogen-bond acceptors (Lipinski definition) is 4. The zero-order valence-corrected chi connectivity index (χ0v) is 22.4. The summed E-state index contributed by atoms with van der Waals surface area (Å²) in [5.74, 6) is 1.88. The molecule has 5 rings (SSSR count). The van der Waals surface area contributed by atoms with Crippen molar-refractivity contribution >= 4 is 0 Å². The molecule has 2 saturated heterocycles. The smallest absolute Gasteiger partial charge is 0.122 e. The Morgan fingerprint density at radius 2 is 0.944 bits per heavy atom. The van der Waals surface area contributed by atoms with Gasteiger partial charge in [0, 0.05) is 10.8 Å². The van der Waals surface area contributed by atoms with E-state index in [0.717, 1.165) is 35.8 Å². The molecule has 0 aliphatic carbocycles. The minimum Gasteiger partial charge on any atom is -0.491 e. The van der Waals surface area contributed by atoms with Crippen LogP contribution in [0, 0.1) is 13.8 Å². The van der Waals surface area contributed by atoms with Crippen LogP contribution in [0.3, 0.4) is 0 Å². The maximum absolute atomic E-state index is 5.93. The molecule has 190 valence electrons. The van der Waals surface area contributed by atoms with Crippen LogP contribution in [0.1, 0.15) is 61.1 Å². The van der Waals surface area contributed by atoms with Crippen molar-refractivity contribution in [3.63, 3.8) is 0 Å². The Hall–Kier alpha value is -2.82. The van der Waals surface area contributed by atoms with Crippen molar-refractivity contribution in [1.29, 1.82) is 0 Å². The number of aryl methyl sites for hydroxylation is 2. The van der Waals surface area contributed by atoms with Gasteiger partial charge in [0.1, 0.15) is 36.9 Å². The molecule has 0 spiro atoms. The van der Waals surface area contributed by atoms with Crippen molar-refractivity contribution in [1.82, 2.24) is 0 Å². The van der Waals surface area contributed by atoms with E-state index in [1.807, 2.05) is 0 Å². The van der Waals surface area contributed by atoms with Crippen LogP contribution in [0.2, 0.25) is 0 Å². The summed E-state index contributed by atoms with van der Waals surface area (Å²) in [6.45, 7) is 16.3. The van der Waals surface area contributed by atoms with Crippen molar-refractivity contribution in [3.8, 4) is 11.5 Å². The number of epoxide rings is 2. The molecule has 2 aliphatic rings. The van der Waals surface area contributed by atoms with Crippen molar-refractivity contribution in [3.05, 3.63) is 94.0 Å². The van der Waals surface area contributed by atoms with Crippen molar-refractivity contribution < 1.29 is 18.9 Å². The standard InChI is InChI=1S/C32H38O4/c1-21-15-25(11-13-29(21)35-19-27-17-33-27)31(3,4)23-7-9-24(10-8-23)32(5,6)26-12-14-30(22(2)16-26)36-20-28-18-34-28/h7-16,27-28H,17-20H2,1-6H3. The van der Waals surface area contributed by atoms with E-state index in [9.17, 15) is 0 Å². The molecular weight excluding hydrogens is 448 g/mol. The Morgan fingerprint density at radius 3 is 1.25 bits per heavy atom. The van der Waals surface area contributed by atoms with E-state index < -0.39 is 0 Å². The maximum Gasteiger partial charge on any atom is 0.122 e. The summed E-state index contributed by atoms with van der Waals surface area (Å²) in [5.41, 5.74) is 7.23. The van der Waals surface area contributed by atoms with Crippen LogP contribution in [0.25, 0.3) is 0 Å². The largest absolute Gasteiger partial charge is 0.491 e. The Morgan fingerprint density at radius 1 is 0.611 bits per heavy atom. The van der Waals surface area contributed by atoms with Crippen molar-refractivity contribution in [2.24, 2.45) is 0 Å². The second-order valence-corrected chi connectivity index (χ2v) is 11.3. The molecule has 0 radical (unpaired) electrons. The highest BCUT2D eigenvalue weighted by Crippen LogP contribution is 2.38. The van der Waals surface area contributed by atoms with Crippen LogP contribution in [-0.2, 0) is 20.3 Å². The quantitative estimate of drug-likeness (QED) is 0.306. The molecule has 0 N–H and O–H groups in total. The third-order valence-electron chi connectivity index (χ3n) is 7.78. The molecule has 2 aliphatic heterocycles. The molecule has 0 amide bonds. The van der Waals surface area contributed by atoms with Gasteiger partial charge in [-0.1, -0.05) is 76.2 Å². The van der Waals surface area contributed by atoms with Crippen molar-refractivity contribution in [2.45, 2.75) is 64.6 Å². The van der Waals surface area contributed by atoms with Crippen LogP contribution in [0.4, 0.5) is 0 Å². The molecule has 0 bridgehead atoms. The van der Waals surface area contributed by atoms with Crippen LogP contribution in [-0.4, -0.2) is 38.6 Å². The Balaban J connectivity index is 1.32. The fourth-order valence-corrected chi connectivity index (χ4v) is 4.73. The first kappa shape index (κ1) is 24.9. The van der Waals surface area contributed by atoms with Crippen LogP contribution >= 0.6 is 0 Å². The van der Waals surface area contributed by atoms with Crippen LogP contribution in [0.5, 0.6) is 11.5 Å². The molecule has 2 heterocycles. The van der Waals surface area contributed by atoms with Gasteiger partial charge in [0.05, 0.1) is 13.2 Å². The number of ether oxygens (including phenoxy) is 4. The fourth-order valence-electron chi connectivity index (χ4n) is 4.73. The fraction of sp³-hybridized carbons (Fsp3) is 0.438. The summed E-state index contributed by atoms with van der Waals surface area (Å²) in [6, 6.07) is 22.2. The summed E-state index contributed by atoms with van der Waals surface area (Å²) in [7, 11) is 0. The molecule has 2 unspecified atom stereocenters. The molecule has 4 nitrogen and oxygen atoms in total. The van der Waals surface area contributed by atoms with Gasteiger partial charge < -0.3 is 18.9 Å². The average Bonchev–Trinajstić information content (AvgIpc) is 3.78. The van der Waals surface area contributed by atoms with E-state index in [2.05, 4.69) is 102 Å². The van der Waals surface area contributed by atoms with Gasteiger partial charge in [-0.25, -0.2) is 0 Å². The van der Waals surface area contributed by atoms with Gasteiger partial charge in [0.25, 0.3) is 0 Å². The molecule has 0 saturated carbocycles. The van der Waals surface area contributed by atoms with E-state index in [1.54, 1.807) is 0 Å². The van der Waals surface area contributed by atoms with E-state index in [4.69, 9.17) is 18.9 Å². The zero-order chi connectivity index (χ0) is 25.5. The molecule has 4 heteroatoms. The van der Waals surface area contributed by atoms with Gasteiger partial charge in [0.15, 0.2) is 0 Å². The first-order valence-electron chi connectivity index (χ1n) is 13.0. The zero-order valence-electron chi connectivity index (χ0n) is 22.4. The van der Waals surface area contributed by atoms with Crippen LogP contribution < -0.4 is 9.47 Å². The third-order valence-corrected chi connectivity index (χ3v) is 7.78. The first-order valence-corrected chi connectivity index (χ1v) is 13.0. The summed E-state index contributed by atoms with van der Waals surface area (Å²) in [5, 5.41) is 0. The minimum atomic E-state index is -0.119. The summed E-state index contributed by atoms with van der Waals surface area (Å²) < 4.78 is 22.4. The monoisotopic (exact) mass is 486 g/mol. The minimum absolute atomic E-state index is 0.119. The van der Waals surface area contributed by atoms with E-state index >= 15 is 0 Å². The van der Waals surface area contributed by atoms with Crippen LogP contribution in [0.15, 0.2) is 60.7 Å². The summed E-state index contributed by atoms with van der Waals surface area (Å²) >= 11 is 0. The van der Waals surface area contributed by atoms with Gasteiger partial charge in [-0.2, -0.15) is 0 Å². The van der Waals surface area contributed by atoms with Gasteiger partial charge >= 0.3 is 0 Å². The maximum atomic E-state index is 5.93. The summed E-state index contributed by atoms with van der Waals surface area (Å²) in [4.78, 5) is 0. The van der Waals surface area contributed by atoms with E-state index in [-0.39, 0.29) is 23.0 Å². The predicted molar refractivity (Wildman–Crippen MR) is 144 cm³/mol. The molecule has 3 aromatic rings. The lowest BCUT2D eigenvalue weighted by atomic mass is 9.74. The lowest BCUT2D eigenvalue weighted by Crippen LogP contribution is -2.22. The molecule has 0 aromatic heterocycles. The lowest BCUT2D eigenvalue weighted by Gasteiger charge is -2.30. The number of hydrogen-bond donors (Lipinski definition) is 0. The lowest BCUT2D eigenvalue weighted by molar-refractivity contribution is 0.261. The van der Waals surface area contributed by atoms with Crippen molar-refractivity contribution in [2.75, 3.05) is 26.4 Å². The second kappa shape index (κ2) is 9.57. The van der Waals surface area contributed by atoms with Gasteiger partial charge in [-0.3, -0.25) is 0 Å². The highest BCUT2D eigenvalue weighted by molar-refractivity contribution is 5.47. The van der Waals surface area contributed by atoms with Gasteiger partial charge in [0.2, 0.25) is 0 Å².